The molecule has 1 saturated heterocycles. The number of nitrogens with zero attached hydrogens (tertiary/aromatic N) is 5. The summed E-state index contributed by atoms with van der Waals surface area (Å²) in [7, 11) is -3.23. The first-order valence-electron chi connectivity index (χ1n) is 10.6. The van der Waals surface area contributed by atoms with Crippen LogP contribution in [-0.4, -0.2) is 81.4 Å². The normalized spacial score (nSPS) is 16.4. The fourth-order valence-corrected chi connectivity index (χ4v) is 4.42. The number of hydrogen-bond acceptors (Lipinski definition) is 7. The number of rotatable bonds is 6. The van der Waals surface area contributed by atoms with Gasteiger partial charge in [-0.05, 0) is 36.6 Å². The van der Waals surface area contributed by atoms with Gasteiger partial charge in [0.15, 0.2) is 5.65 Å². The first-order valence-corrected chi connectivity index (χ1v) is 12.5. The van der Waals surface area contributed by atoms with Crippen LogP contribution in [0.1, 0.15) is 34.1 Å². The van der Waals surface area contributed by atoms with Crippen LogP contribution in [0.25, 0.3) is 5.65 Å². The van der Waals surface area contributed by atoms with Crippen LogP contribution in [0.4, 0.5) is 13.2 Å². The highest BCUT2D eigenvalue weighted by Gasteiger charge is 2.38. The number of amides is 1. The molecule has 2 N–H and O–H groups in total. The number of hydrogen-bond donors (Lipinski definition) is 2. The number of fused-ring (bicyclic) bond motifs is 1. The molecule has 0 aromatic carbocycles. The number of sulfonamides is 1. The Labute approximate surface area is 204 Å². The summed E-state index contributed by atoms with van der Waals surface area (Å²) in [5, 5.41) is 18.4. The summed E-state index contributed by atoms with van der Waals surface area (Å²) in [6, 6.07) is 7.29. The van der Waals surface area contributed by atoms with Crippen LogP contribution in [0.5, 0.6) is 0 Å². The van der Waals surface area contributed by atoms with Gasteiger partial charge in [0.1, 0.15) is 5.82 Å². The molecule has 0 spiro atoms. The van der Waals surface area contributed by atoms with Crippen molar-refractivity contribution < 1.29 is 36.3 Å². The maximum Gasteiger partial charge on any atom is 0.490 e. The van der Waals surface area contributed by atoms with Gasteiger partial charge in [0.2, 0.25) is 10.0 Å². The Kier molecular flexibility index (Phi) is 8.24. The summed E-state index contributed by atoms with van der Waals surface area (Å²) in [6.45, 7) is 1.34. The van der Waals surface area contributed by atoms with Crippen molar-refractivity contribution in [1.29, 1.82) is 0 Å². The van der Waals surface area contributed by atoms with Gasteiger partial charge >= 0.3 is 12.1 Å². The number of nitrogens with one attached hydrogen (secondary N) is 1. The molecule has 0 aliphatic carbocycles. The molecule has 0 saturated carbocycles. The molecule has 0 bridgehead atoms. The third-order valence-electron chi connectivity index (χ3n) is 5.34. The average molecular weight is 529 g/mol. The van der Waals surface area contributed by atoms with Crippen molar-refractivity contribution in [2.45, 2.75) is 24.9 Å². The molecule has 1 aliphatic rings. The van der Waals surface area contributed by atoms with Crippen LogP contribution in [0, 0.1) is 0 Å². The largest absolute Gasteiger partial charge is 0.490 e. The van der Waals surface area contributed by atoms with Crippen molar-refractivity contribution in [3.8, 4) is 0 Å². The lowest BCUT2D eigenvalue weighted by molar-refractivity contribution is -0.192. The number of aliphatic carboxylic acids is 1. The average Bonchev–Trinajstić information content (AvgIpc) is 3.46. The molecule has 3 aromatic heterocycles. The van der Waals surface area contributed by atoms with E-state index >= 15 is 0 Å². The SMILES string of the molecule is CS(=O)(=O)N1CCC(c2nnc3ccc(C(=O)NCCc4cccnc4)cn23)C1.O=C(O)C(F)(F)F. The van der Waals surface area contributed by atoms with E-state index in [0.29, 0.717) is 49.5 Å². The second kappa shape index (κ2) is 11.0. The van der Waals surface area contributed by atoms with Crippen molar-refractivity contribution >= 4 is 27.5 Å². The van der Waals surface area contributed by atoms with Gasteiger partial charge in [-0.25, -0.2) is 17.5 Å². The van der Waals surface area contributed by atoms with Gasteiger partial charge in [0.05, 0.1) is 11.8 Å². The first kappa shape index (κ1) is 27.0. The van der Waals surface area contributed by atoms with Crippen LogP contribution in [-0.2, 0) is 21.2 Å². The van der Waals surface area contributed by atoms with Crippen LogP contribution in [0.15, 0.2) is 42.9 Å². The molecule has 1 unspecified atom stereocenters. The lowest BCUT2D eigenvalue weighted by Crippen LogP contribution is -2.27. The van der Waals surface area contributed by atoms with Gasteiger partial charge in [0, 0.05) is 44.1 Å². The first-order chi connectivity index (χ1) is 16.9. The fraction of sp³-hybridized carbons (Fsp3) is 0.381. The number of carboxylic acid groups (broad SMARTS) is 1. The summed E-state index contributed by atoms with van der Waals surface area (Å²) in [4.78, 5) is 25.5. The zero-order chi connectivity index (χ0) is 26.5. The van der Waals surface area contributed by atoms with Gasteiger partial charge in [0.25, 0.3) is 5.91 Å². The molecule has 11 nitrogen and oxygen atoms in total. The van der Waals surface area contributed by atoms with E-state index in [4.69, 9.17) is 9.90 Å². The number of alkyl halides is 3. The Bertz CT molecular complexity index is 1330. The summed E-state index contributed by atoms with van der Waals surface area (Å²) in [5.41, 5.74) is 2.19. The van der Waals surface area contributed by atoms with E-state index in [1.165, 1.54) is 10.6 Å². The van der Waals surface area contributed by atoms with Crippen molar-refractivity contribution in [2.75, 3.05) is 25.9 Å². The minimum atomic E-state index is -5.08. The topological polar surface area (TPSA) is 147 Å². The molecule has 4 heterocycles. The Morgan fingerprint density at radius 1 is 1.22 bits per heavy atom. The number of pyridine rings is 2. The standard InChI is InChI=1S/C19H22N6O3S.C2HF3O2/c1-29(27,28)24-10-7-15(12-24)18-23-22-17-5-4-16(13-25(17)18)19(26)21-9-6-14-3-2-8-20-11-14;3-2(4,5)1(6)7/h2-5,8,11,13,15H,6-7,9-10,12H2,1H3,(H,21,26);(H,6,7). The number of carboxylic acids is 1. The lowest BCUT2D eigenvalue weighted by Gasteiger charge is -2.12. The minimum Gasteiger partial charge on any atom is -0.475 e. The molecule has 0 radical (unpaired) electrons. The smallest absolute Gasteiger partial charge is 0.475 e. The molecular formula is C21H23F3N6O5S. The molecule has 15 heteroatoms. The van der Waals surface area contributed by atoms with Gasteiger partial charge in [-0.15, -0.1) is 10.2 Å². The van der Waals surface area contributed by atoms with E-state index in [0.717, 1.165) is 5.56 Å². The van der Waals surface area contributed by atoms with Crippen molar-refractivity contribution in [3.05, 3.63) is 59.8 Å². The number of carbonyl (C=O) groups excluding carboxylic acids is 1. The van der Waals surface area contributed by atoms with E-state index in [1.807, 2.05) is 12.1 Å². The van der Waals surface area contributed by atoms with Gasteiger partial charge in [-0.3, -0.25) is 14.2 Å². The molecule has 36 heavy (non-hydrogen) atoms. The predicted octanol–water partition coefficient (Wildman–Crippen LogP) is 1.48. The van der Waals surface area contributed by atoms with Crippen molar-refractivity contribution in [3.63, 3.8) is 0 Å². The highest BCUT2D eigenvalue weighted by atomic mass is 32.2. The van der Waals surface area contributed by atoms with Crippen LogP contribution in [0.3, 0.4) is 0 Å². The zero-order valence-corrected chi connectivity index (χ0v) is 19.8. The summed E-state index contributed by atoms with van der Waals surface area (Å²) in [6.07, 6.45) is 2.72. The molecule has 194 valence electrons. The minimum absolute atomic E-state index is 0.0522. The van der Waals surface area contributed by atoms with Gasteiger partial charge < -0.3 is 10.4 Å². The molecular weight excluding hydrogens is 505 g/mol. The Morgan fingerprint density at radius 2 is 1.94 bits per heavy atom. The zero-order valence-electron chi connectivity index (χ0n) is 19.0. The third kappa shape index (κ3) is 6.97. The van der Waals surface area contributed by atoms with Gasteiger partial charge in [-0.2, -0.15) is 13.2 Å². The molecule has 3 aromatic rings. The van der Waals surface area contributed by atoms with E-state index < -0.39 is 22.2 Å². The lowest BCUT2D eigenvalue weighted by atomic mass is 10.1. The van der Waals surface area contributed by atoms with E-state index in [2.05, 4.69) is 20.5 Å². The summed E-state index contributed by atoms with van der Waals surface area (Å²) < 4.78 is 58.5. The second-order valence-corrected chi connectivity index (χ2v) is 9.96. The van der Waals surface area contributed by atoms with Crippen LogP contribution in [0.2, 0.25) is 0 Å². The highest BCUT2D eigenvalue weighted by Crippen LogP contribution is 2.27. The van der Waals surface area contributed by atoms with E-state index in [9.17, 15) is 26.4 Å². The van der Waals surface area contributed by atoms with Gasteiger partial charge in [-0.1, -0.05) is 6.07 Å². The Morgan fingerprint density at radius 3 is 2.53 bits per heavy atom. The van der Waals surface area contributed by atoms with Crippen LogP contribution >= 0.6 is 0 Å². The quantitative estimate of drug-likeness (QED) is 0.489. The molecule has 1 amide bonds. The Hall–Kier alpha value is -3.59. The number of halogens is 3. The molecule has 1 atom stereocenters. The van der Waals surface area contributed by atoms with E-state index in [-0.39, 0.29) is 11.8 Å². The maximum absolute atomic E-state index is 12.5. The summed E-state index contributed by atoms with van der Waals surface area (Å²) in [5.74, 6) is -2.31. The molecule has 1 fully saturated rings. The second-order valence-electron chi connectivity index (χ2n) is 7.98. The van der Waals surface area contributed by atoms with Crippen LogP contribution < -0.4 is 5.32 Å². The third-order valence-corrected chi connectivity index (χ3v) is 6.61. The molecule has 4 rings (SSSR count). The van der Waals surface area contributed by atoms with Crippen molar-refractivity contribution in [2.24, 2.45) is 0 Å². The van der Waals surface area contributed by atoms with E-state index in [1.54, 1.807) is 35.1 Å². The monoisotopic (exact) mass is 528 g/mol. The summed E-state index contributed by atoms with van der Waals surface area (Å²) >= 11 is 0. The number of carbonyl (C=O) groups is 2. The maximum atomic E-state index is 12.5. The fourth-order valence-electron chi connectivity index (χ4n) is 3.53. The number of aromatic nitrogens is 4. The van der Waals surface area contributed by atoms with Crippen molar-refractivity contribution in [1.82, 2.24) is 29.2 Å². The molecule has 1 aliphatic heterocycles. The predicted molar refractivity (Wildman–Crippen MR) is 121 cm³/mol. The highest BCUT2D eigenvalue weighted by molar-refractivity contribution is 7.88. The Balaban J connectivity index is 0.000000454.